The van der Waals surface area contributed by atoms with Crippen molar-refractivity contribution in [3.8, 4) is 0 Å². The van der Waals surface area contributed by atoms with Crippen LogP contribution in [0.3, 0.4) is 0 Å². The van der Waals surface area contributed by atoms with Gasteiger partial charge in [-0.2, -0.15) is 0 Å². The molecule has 3 heterocycles. The molecule has 0 spiro atoms. The molecule has 2 radical (unpaired) electrons. The molecule has 1 aliphatic heterocycles. The average Bonchev–Trinajstić information content (AvgIpc) is 3.07. The SMILES string of the molecule is [B]N1Cc2cc(/C=C/C(=O)N(C)Cc3oc4ccccc4c3C)cnc2NCCC1=O. The Morgan fingerprint density at radius 3 is 3.00 bits per heavy atom. The van der Waals surface area contributed by atoms with Gasteiger partial charge in [-0.15, -0.1) is 0 Å². The third-order valence-electron chi connectivity index (χ3n) is 5.40. The number of fused-ring (bicyclic) bond motifs is 2. The lowest BCUT2D eigenvalue weighted by Crippen LogP contribution is -2.32. The van der Waals surface area contributed by atoms with Crippen molar-refractivity contribution in [3.63, 3.8) is 0 Å². The molecule has 156 valence electrons. The fourth-order valence-corrected chi connectivity index (χ4v) is 3.57. The molecule has 0 saturated carbocycles. The first kappa shape index (κ1) is 20.7. The van der Waals surface area contributed by atoms with Gasteiger partial charge in [0, 0.05) is 55.3 Å². The fourth-order valence-electron chi connectivity index (χ4n) is 3.57. The fraction of sp³-hybridized carbons (Fsp3) is 0.261. The molecule has 0 aliphatic carbocycles. The van der Waals surface area contributed by atoms with E-state index < -0.39 is 0 Å². The van der Waals surface area contributed by atoms with Crippen molar-refractivity contribution in [1.82, 2.24) is 14.7 Å². The van der Waals surface area contributed by atoms with Crippen LogP contribution in [0.2, 0.25) is 0 Å². The number of benzene rings is 1. The molecule has 1 aromatic carbocycles. The number of likely N-dealkylation sites (N-methyl/N-ethyl adjacent to an activating group) is 1. The van der Waals surface area contributed by atoms with Gasteiger partial charge in [0.15, 0.2) is 0 Å². The minimum absolute atomic E-state index is 0.128. The van der Waals surface area contributed by atoms with E-state index in [1.54, 1.807) is 24.2 Å². The van der Waals surface area contributed by atoms with Gasteiger partial charge in [0.05, 0.1) is 6.54 Å². The molecule has 8 heteroatoms. The van der Waals surface area contributed by atoms with Gasteiger partial charge in [-0.1, -0.05) is 18.2 Å². The maximum atomic E-state index is 12.6. The summed E-state index contributed by atoms with van der Waals surface area (Å²) < 4.78 is 5.91. The number of furan rings is 1. The number of carbonyl (C=O) groups excluding carboxylic acids is 2. The van der Waals surface area contributed by atoms with E-state index in [0.29, 0.717) is 25.3 Å². The molecule has 3 aromatic rings. The molecule has 31 heavy (non-hydrogen) atoms. The van der Waals surface area contributed by atoms with Crippen LogP contribution in [-0.4, -0.2) is 48.1 Å². The zero-order chi connectivity index (χ0) is 22.0. The van der Waals surface area contributed by atoms with Crippen molar-refractivity contribution < 1.29 is 14.0 Å². The van der Waals surface area contributed by atoms with Gasteiger partial charge >= 0.3 is 0 Å². The Hall–Kier alpha value is -3.55. The van der Waals surface area contributed by atoms with Crippen LogP contribution in [0.5, 0.6) is 0 Å². The maximum Gasteiger partial charge on any atom is 0.246 e. The van der Waals surface area contributed by atoms with Crippen LogP contribution in [0.15, 0.2) is 47.0 Å². The number of hydrogen-bond acceptors (Lipinski definition) is 5. The molecule has 0 fully saturated rings. The van der Waals surface area contributed by atoms with Crippen molar-refractivity contribution in [2.24, 2.45) is 0 Å². The normalized spacial score (nSPS) is 14.3. The molecular weight excluding hydrogens is 391 g/mol. The Labute approximate surface area is 182 Å². The van der Waals surface area contributed by atoms with Gasteiger partial charge in [0.1, 0.15) is 17.2 Å². The van der Waals surface area contributed by atoms with Gasteiger partial charge in [-0.05, 0) is 30.7 Å². The number of carbonyl (C=O) groups is 2. The molecule has 0 saturated heterocycles. The molecule has 4 rings (SSSR count). The van der Waals surface area contributed by atoms with Crippen molar-refractivity contribution in [1.29, 1.82) is 0 Å². The van der Waals surface area contributed by atoms with Crippen LogP contribution in [0.25, 0.3) is 17.0 Å². The zero-order valence-electron chi connectivity index (χ0n) is 17.6. The highest BCUT2D eigenvalue weighted by Gasteiger charge is 2.17. The number of hydrogen-bond donors (Lipinski definition) is 1. The van der Waals surface area contributed by atoms with Crippen molar-refractivity contribution in [2.75, 3.05) is 18.9 Å². The zero-order valence-corrected chi connectivity index (χ0v) is 17.6. The second kappa shape index (κ2) is 8.67. The van der Waals surface area contributed by atoms with Gasteiger partial charge in [-0.3, -0.25) is 9.59 Å². The summed E-state index contributed by atoms with van der Waals surface area (Å²) in [6.45, 7) is 3.11. The summed E-state index contributed by atoms with van der Waals surface area (Å²) in [5, 5.41) is 4.20. The molecule has 1 aliphatic rings. The summed E-state index contributed by atoms with van der Waals surface area (Å²) in [7, 11) is 7.56. The summed E-state index contributed by atoms with van der Waals surface area (Å²) in [5.41, 5.74) is 3.41. The summed E-state index contributed by atoms with van der Waals surface area (Å²) in [4.78, 5) is 31.7. The first-order valence-corrected chi connectivity index (χ1v) is 10.1. The summed E-state index contributed by atoms with van der Waals surface area (Å²) in [6.07, 6.45) is 5.22. The van der Waals surface area contributed by atoms with Crippen LogP contribution in [0, 0.1) is 6.92 Å². The predicted octanol–water partition coefficient (Wildman–Crippen LogP) is 3.04. The number of aryl methyl sites for hydroxylation is 1. The topological polar surface area (TPSA) is 78.7 Å². The minimum atomic E-state index is -0.152. The van der Waals surface area contributed by atoms with E-state index in [2.05, 4.69) is 10.3 Å². The van der Waals surface area contributed by atoms with E-state index in [1.807, 2.05) is 37.3 Å². The Kier molecular flexibility index (Phi) is 5.80. The second-order valence-corrected chi connectivity index (χ2v) is 7.65. The van der Waals surface area contributed by atoms with Gasteiger partial charge in [0.25, 0.3) is 0 Å². The standard InChI is InChI=1S/C23H23BN4O3/c1-15-18-5-3-4-6-19(18)31-20(15)14-27(2)21(29)8-7-16-11-17-13-28(24)22(30)9-10-25-23(17)26-12-16/h3-8,11-12H,9-10,13-14H2,1-2H3,(H,25,26)/b8-7+. The third-order valence-corrected chi connectivity index (χ3v) is 5.40. The predicted molar refractivity (Wildman–Crippen MR) is 120 cm³/mol. The molecule has 2 aromatic heterocycles. The molecule has 0 unspecified atom stereocenters. The maximum absolute atomic E-state index is 12.6. The van der Waals surface area contributed by atoms with E-state index in [9.17, 15) is 9.59 Å². The monoisotopic (exact) mass is 414 g/mol. The molecule has 1 N–H and O–H groups in total. The first-order valence-electron chi connectivity index (χ1n) is 10.1. The molecule has 0 atom stereocenters. The van der Waals surface area contributed by atoms with Gasteiger partial charge in [0.2, 0.25) is 19.8 Å². The van der Waals surface area contributed by atoms with Crippen LogP contribution in [0.4, 0.5) is 5.82 Å². The van der Waals surface area contributed by atoms with E-state index in [-0.39, 0.29) is 18.4 Å². The summed E-state index contributed by atoms with van der Waals surface area (Å²) in [6, 6.07) is 9.71. The van der Waals surface area contributed by atoms with Crippen LogP contribution < -0.4 is 5.32 Å². The van der Waals surface area contributed by atoms with Crippen molar-refractivity contribution in [3.05, 3.63) is 65.1 Å². The number of rotatable bonds is 4. The largest absolute Gasteiger partial charge is 0.459 e. The quantitative estimate of drug-likeness (QED) is 0.525. The Morgan fingerprint density at radius 2 is 2.19 bits per heavy atom. The molecule has 7 nitrogen and oxygen atoms in total. The smallest absolute Gasteiger partial charge is 0.246 e. The number of pyridine rings is 1. The Morgan fingerprint density at radius 1 is 1.39 bits per heavy atom. The average molecular weight is 414 g/mol. The second-order valence-electron chi connectivity index (χ2n) is 7.65. The molecular formula is C23H23BN4O3. The first-order chi connectivity index (χ1) is 14.9. The van der Waals surface area contributed by atoms with E-state index in [4.69, 9.17) is 12.4 Å². The summed E-state index contributed by atoms with van der Waals surface area (Å²) >= 11 is 0. The van der Waals surface area contributed by atoms with Gasteiger partial charge < -0.3 is 19.4 Å². The number of aromatic nitrogens is 1. The number of nitrogens with zero attached hydrogens (tertiary/aromatic N) is 3. The van der Waals surface area contributed by atoms with E-state index in [1.165, 1.54) is 10.9 Å². The van der Waals surface area contributed by atoms with Crippen molar-refractivity contribution >= 4 is 42.7 Å². The molecule has 0 bridgehead atoms. The number of amides is 2. The van der Waals surface area contributed by atoms with E-state index in [0.717, 1.165) is 33.4 Å². The highest BCUT2D eigenvalue weighted by atomic mass is 16.3. The Bertz CT molecular complexity index is 1170. The Balaban J connectivity index is 1.46. The van der Waals surface area contributed by atoms with E-state index >= 15 is 0 Å². The molecule has 2 amide bonds. The van der Waals surface area contributed by atoms with Crippen LogP contribution >= 0.6 is 0 Å². The van der Waals surface area contributed by atoms with Crippen LogP contribution in [0.1, 0.15) is 28.9 Å². The van der Waals surface area contributed by atoms with Crippen molar-refractivity contribution in [2.45, 2.75) is 26.4 Å². The lowest BCUT2D eigenvalue weighted by Gasteiger charge is -2.23. The number of nitrogens with one attached hydrogen (secondary N) is 1. The summed E-state index contributed by atoms with van der Waals surface area (Å²) in [5.74, 6) is 1.19. The highest BCUT2D eigenvalue weighted by Crippen LogP contribution is 2.26. The number of para-hydroxylation sites is 1. The third kappa shape index (κ3) is 4.48. The highest BCUT2D eigenvalue weighted by molar-refractivity contribution is 6.14. The minimum Gasteiger partial charge on any atom is -0.459 e. The lowest BCUT2D eigenvalue weighted by atomic mass is 10.1. The lowest BCUT2D eigenvalue weighted by molar-refractivity contribution is -0.127. The van der Waals surface area contributed by atoms with Crippen LogP contribution in [-0.2, 0) is 22.7 Å². The number of anilines is 1. The van der Waals surface area contributed by atoms with Gasteiger partial charge in [-0.25, -0.2) is 4.98 Å².